The van der Waals surface area contributed by atoms with Crippen LogP contribution in [0.3, 0.4) is 0 Å². The first-order valence-electron chi connectivity index (χ1n) is 6.83. The van der Waals surface area contributed by atoms with Gasteiger partial charge in [-0.3, -0.25) is 4.79 Å². The van der Waals surface area contributed by atoms with E-state index >= 15 is 0 Å². The zero-order valence-corrected chi connectivity index (χ0v) is 11.6. The molecule has 1 saturated heterocycles. The molecule has 1 saturated carbocycles. The molecule has 1 aromatic carbocycles. The van der Waals surface area contributed by atoms with Crippen LogP contribution in [-0.2, 0) is 15.1 Å². The van der Waals surface area contributed by atoms with Gasteiger partial charge in [0.1, 0.15) is 0 Å². The lowest BCUT2D eigenvalue weighted by Gasteiger charge is -2.19. The number of amides is 1. The van der Waals surface area contributed by atoms with E-state index in [1.54, 1.807) is 0 Å². The summed E-state index contributed by atoms with van der Waals surface area (Å²) in [5, 5.41) is 3.92. The minimum atomic E-state index is -0.138. The number of nitrogens with one attached hydrogen (secondary N) is 1. The fraction of sp³-hybridized carbons (Fsp3) is 0.533. The van der Waals surface area contributed by atoms with Gasteiger partial charge in [-0.2, -0.15) is 0 Å². The van der Waals surface area contributed by atoms with Gasteiger partial charge >= 0.3 is 0 Å². The molecule has 1 aromatic rings. The van der Waals surface area contributed by atoms with Gasteiger partial charge in [0.15, 0.2) is 0 Å². The molecule has 0 aromatic heterocycles. The lowest BCUT2D eigenvalue weighted by atomic mass is 10.0. The third-order valence-electron chi connectivity index (χ3n) is 4.02. The zero-order valence-electron chi connectivity index (χ0n) is 10.8. The first-order chi connectivity index (χ1) is 9.18. The van der Waals surface area contributed by atoms with Crippen LogP contribution in [0.25, 0.3) is 0 Å². The molecular formula is C15H18ClNO2. The van der Waals surface area contributed by atoms with Crippen molar-refractivity contribution in [1.29, 1.82) is 0 Å². The Labute approximate surface area is 118 Å². The van der Waals surface area contributed by atoms with E-state index in [4.69, 9.17) is 16.3 Å². The SMILES string of the molecule is O=C(CC1CCOC1)NC1(c2ccc(Cl)cc2)CC1. The molecule has 0 radical (unpaired) electrons. The monoisotopic (exact) mass is 279 g/mol. The minimum absolute atomic E-state index is 0.138. The van der Waals surface area contributed by atoms with Crippen LogP contribution >= 0.6 is 11.6 Å². The molecule has 2 fully saturated rings. The second-order valence-electron chi connectivity index (χ2n) is 5.57. The molecule has 102 valence electrons. The van der Waals surface area contributed by atoms with Gasteiger partial charge in [-0.1, -0.05) is 23.7 Å². The van der Waals surface area contributed by atoms with Crippen molar-refractivity contribution in [3.05, 3.63) is 34.9 Å². The van der Waals surface area contributed by atoms with Crippen LogP contribution in [-0.4, -0.2) is 19.1 Å². The summed E-state index contributed by atoms with van der Waals surface area (Å²) in [6, 6.07) is 7.78. The first kappa shape index (κ1) is 12.9. The van der Waals surface area contributed by atoms with E-state index in [9.17, 15) is 4.79 Å². The normalized spacial score (nSPS) is 24.2. The average molecular weight is 280 g/mol. The fourth-order valence-electron chi connectivity index (χ4n) is 2.70. The zero-order chi connectivity index (χ0) is 13.3. The van der Waals surface area contributed by atoms with Crippen molar-refractivity contribution >= 4 is 17.5 Å². The highest BCUT2D eigenvalue weighted by molar-refractivity contribution is 6.30. The van der Waals surface area contributed by atoms with Crippen LogP contribution in [0.2, 0.25) is 5.02 Å². The van der Waals surface area contributed by atoms with Gasteiger partial charge in [-0.25, -0.2) is 0 Å². The molecule has 1 N–H and O–H groups in total. The van der Waals surface area contributed by atoms with Gasteiger partial charge in [0, 0.05) is 24.7 Å². The van der Waals surface area contributed by atoms with Gasteiger partial charge in [0.05, 0.1) is 5.54 Å². The highest BCUT2D eigenvalue weighted by atomic mass is 35.5. The van der Waals surface area contributed by atoms with Crippen molar-refractivity contribution in [2.75, 3.05) is 13.2 Å². The summed E-state index contributed by atoms with van der Waals surface area (Å²) < 4.78 is 5.31. The fourth-order valence-corrected chi connectivity index (χ4v) is 2.83. The maximum atomic E-state index is 12.1. The lowest BCUT2D eigenvalue weighted by molar-refractivity contribution is -0.123. The number of hydrogen-bond acceptors (Lipinski definition) is 2. The van der Waals surface area contributed by atoms with E-state index in [2.05, 4.69) is 5.32 Å². The smallest absolute Gasteiger partial charge is 0.221 e. The number of benzene rings is 1. The van der Waals surface area contributed by atoms with Crippen LogP contribution < -0.4 is 5.32 Å². The van der Waals surface area contributed by atoms with Crippen LogP contribution in [0.15, 0.2) is 24.3 Å². The molecule has 4 heteroatoms. The Balaban J connectivity index is 1.61. The number of carbonyl (C=O) groups excluding carboxylic acids is 1. The summed E-state index contributed by atoms with van der Waals surface area (Å²) >= 11 is 5.90. The molecule has 1 aliphatic carbocycles. The Morgan fingerprint density at radius 2 is 2.11 bits per heavy atom. The Morgan fingerprint density at radius 3 is 2.68 bits per heavy atom. The van der Waals surface area contributed by atoms with Gasteiger partial charge in [0.25, 0.3) is 0 Å². The molecule has 1 unspecified atom stereocenters. The minimum Gasteiger partial charge on any atom is -0.381 e. The summed E-state index contributed by atoms with van der Waals surface area (Å²) in [6.45, 7) is 1.52. The van der Waals surface area contributed by atoms with Crippen molar-refractivity contribution < 1.29 is 9.53 Å². The summed E-state index contributed by atoms with van der Waals surface area (Å²) in [4.78, 5) is 12.1. The molecule has 3 rings (SSSR count). The van der Waals surface area contributed by atoms with Crippen LogP contribution in [0.5, 0.6) is 0 Å². The van der Waals surface area contributed by atoms with Gasteiger partial charge in [-0.15, -0.1) is 0 Å². The second-order valence-corrected chi connectivity index (χ2v) is 6.01. The molecule has 3 nitrogen and oxygen atoms in total. The number of carbonyl (C=O) groups is 1. The van der Waals surface area contributed by atoms with E-state index in [-0.39, 0.29) is 11.4 Å². The molecule has 1 heterocycles. The molecule has 1 atom stereocenters. The van der Waals surface area contributed by atoms with Crippen molar-refractivity contribution in [2.45, 2.75) is 31.2 Å². The van der Waals surface area contributed by atoms with Crippen LogP contribution in [0, 0.1) is 5.92 Å². The van der Waals surface area contributed by atoms with Gasteiger partial charge < -0.3 is 10.1 Å². The highest BCUT2D eigenvalue weighted by Crippen LogP contribution is 2.45. The maximum Gasteiger partial charge on any atom is 0.221 e. The number of rotatable bonds is 4. The molecule has 0 spiro atoms. The third kappa shape index (κ3) is 2.93. The maximum absolute atomic E-state index is 12.1. The standard InChI is InChI=1S/C15H18ClNO2/c16-13-3-1-12(2-4-13)15(6-7-15)17-14(18)9-11-5-8-19-10-11/h1-4,11H,5-10H2,(H,17,18). The summed E-state index contributed by atoms with van der Waals surface area (Å²) in [7, 11) is 0. The van der Waals surface area contributed by atoms with Gasteiger partial charge in [-0.05, 0) is 42.9 Å². The van der Waals surface area contributed by atoms with E-state index < -0.39 is 0 Å². The lowest BCUT2D eigenvalue weighted by Crippen LogP contribution is -2.35. The predicted octanol–water partition coefficient (Wildman–Crippen LogP) is 2.87. The number of hydrogen-bond donors (Lipinski definition) is 1. The van der Waals surface area contributed by atoms with E-state index in [1.807, 2.05) is 24.3 Å². The number of ether oxygens (including phenoxy) is 1. The molecule has 1 amide bonds. The Hall–Kier alpha value is -1.06. The molecule has 19 heavy (non-hydrogen) atoms. The summed E-state index contributed by atoms with van der Waals surface area (Å²) in [6.07, 6.45) is 3.61. The van der Waals surface area contributed by atoms with Gasteiger partial charge in [0.2, 0.25) is 5.91 Å². The van der Waals surface area contributed by atoms with E-state index in [1.165, 1.54) is 0 Å². The average Bonchev–Trinajstić information content (AvgIpc) is 2.98. The van der Waals surface area contributed by atoms with Crippen molar-refractivity contribution in [2.24, 2.45) is 5.92 Å². The molecule has 1 aliphatic heterocycles. The predicted molar refractivity (Wildman–Crippen MR) is 74.0 cm³/mol. The first-order valence-corrected chi connectivity index (χ1v) is 7.21. The summed E-state index contributed by atoms with van der Waals surface area (Å²) in [5.74, 6) is 0.531. The van der Waals surface area contributed by atoms with Crippen molar-refractivity contribution in [3.63, 3.8) is 0 Å². The Bertz CT molecular complexity index is 462. The molecule has 2 aliphatic rings. The highest BCUT2D eigenvalue weighted by Gasteiger charge is 2.45. The Morgan fingerprint density at radius 1 is 1.37 bits per heavy atom. The third-order valence-corrected chi connectivity index (χ3v) is 4.28. The quantitative estimate of drug-likeness (QED) is 0.920. The van der Waals surface area contributed by atoms with E-state index in [0.29, 0.717) is 12.3 Å². The molecular weight excluding hydrogens is 262 g/mol. The van der Waals surface area contributed by atoms with Crippen LogP contribution in [0.1, 0.15) is 31.2 Å². The second kappa shape index (κ2) is 5.14. The number of halogens is 1. The largest absolute Gasteiger partial charge is 0.381 e. The van der Waals surface area contributed by atoms with E-state index in [0.717, 1.165) is 43.1 Å². The van der Waals surface area contributed by atoms with Crippen molar-refractivity contribution in [3.8, 4) is 0 Å². The Kier molecular flexibility index (Phi) is 3.50. The van der Waals surface area contributed by atoms with Crippen LogP contribution in [0.4, 0.5) is 0 Å². The van der Waals surface area contributed by atoms with Crippen molar-refractivity contribution in [1.82, 2.24) is 5.32 Å². The summed E-state index contributed by atoms with van der Waals surface area (Å²) in [5.41, 5.74) is 1.02. The molecule has 0 bridgehead atoms. The topological polar surface area (TPSA) is 38.3 Å².